The number of nitrogens with two attached hydrogens (primary N) is 1. The van der Waals surface area contributed by atoms with Crippen molar-refractivity contribution in [3.05, 3.63) is 26.6 Å². The minimum absolute atomic E-state index is 0.0638. The van der Waals surface area contributed by atoms with Crippen molar-refractivity contribution in [2.24, 2.45) is 5.73 Å². The number of nitrogens with zero attached hydrogens (tertiary/aromatic N) is 1. The molecule has 0 unspecified atom stereocenters. The lowest BCUT2D eigenvalue weighted by Gasteiger charge is -2.25. The number of ether oxygens (including phenoxy) is 1. The zero-order chi connectivity index (χ0) is 15.0. The zero-order valence-corrected chi connectivity index (χ0v) is 13.3. The van der Waals surface area contributed by atoms with Crippen molar-refractivity contribution in [3.63, 3.8) is 0 Å². The molecule has 0 spiro atoms. The average Bonchev–Trinajstić information content (AvgIpc) is 2.74. The van der Waals surface area contributed by atoms with Gasteiger partial charge in [-0.15, -0.1) is 11.3 Å². The predicted molar refractivity (Wildman–Crippen MR) is 84.7 cm³/mol. The largest absolute Gasteiger partial charge is 0.370 e. The first kappa shape index (κ1) is 14.7. The maximum Gasteiger partial charge on any atom is 0.259 e. The number of rotatable bonds is 3. The van der Waals surface area contributed by atoms with E-state index in [0.717, 1.165) is 41.0 Å². The molecule has 114 valence electrons. The van der Waals surface area contributed by atoms with E-state index in [0.29, 0.717) is 23.9 Å². The summed E-state index contributed by atoms with van der Waals surface area (Å²) in [6.07, 6.45) is 4.24. The Balaban J connectivity index is 1.74. The van der Waals surface area contributed by atoms with E-state index in [-0.39, 0.29) is 11.7 Å². The SMILES string of the molecule is Cc1sc2nc(COC3CCC(N)CC3)[nH]c(=O)c2c1C. The van der Waals surface area contributed by atoms with Crippen LogP contribution in [0.5, 0.6) is 0 Å². The highest BCUT2D eigenvalue weighted by molar-refractivity contribution is 7.18. The van der Waals surface area contributed by atoms with Crippen LogP contribution >= 0.6 is 11.3 Å². The lowest BCUT2D eigenvalue weighted by molar-refractivity contribution is 0.0106. The molecule has 2 aromatic heterocycles. The van der Waals surface area contributed by atoms with Crippen LogP contribution in [0.2, 0.25) is 0 Å². The second kappa shape index (κ2) is 5.87. The van der Waals surface area contributed by atoms with Crippen LogP contribution in [0.15, 0.2) is 4.79 Å². The van der Waals surface area contributed by atoms with Gasteiger partial charge in [-0.3, -0.25) is 4.79 Å². The van der Waals surface area contributed by atoms with Crippen LogP contribution in [0.4, 0.5) is 0 Å². The summed E-state index contributed by atoms with van der Waals surface area (Å²) in [5.41, 5.74) is 6.85. The van der Waals surface area contributed by atoms with Crippen molar-refractivity contribution < 1.29 is 4.74 Å². The fourth-order valence-electron chi connectivity index (χ4n) is 2.82. The van der Waals surface area contributed by atoms with Gasteiger partial charge in [-0.2, -0.15) is 0 Å². The second-order valence-electron chi connectivity index (χ2n) is 5.82. The van der Waals surface area contributed by atoms with E-state index in [9.17, 15) is 4.79 Å². The van der Waals surface area contributed by atoms with Crippen molar-refractivity contribution in [2.75, 3.05) is 0 Å². The molecule has 21 heavy (non-hydrogen) atoms. The lowest BCUT2D eigenvalue weighted by atomic mass is 9.94. The molecule has 1 fully saturated rings. The number of hydrogen-bond acceptors (Lipinski definition) is 5. The van der Waals surface area contributed by atoms with Gasteiger partial charge in [0, 0.05) is 10.9 Å². The van der Waals surface area contributed by atoms with Crippen molar-refractivity contribution in [3.8, 4) is 0 Å². The van der Waals surface area contributed by atoms with E-state index in [4.69, 9.17) is 10.5 Å². The Hall–Kier alpha value is -1.24. The number of nitrogens with one attached hydrogen (secondary N) is 1. The molecule has 1 aliphatic carbocycles. The number of thiophene rings is 1. The topological polar surface area (TPSA) is 81.0 Å². The molecule has 0 bridgehead atoms. The minimum atomic E-state index is -0.0638. The maximum absolute atomic E-state index is 12.2. The molecule has 0 saturated heterocycles. The average molecular weight is 307 g/mol. The lowest BCUT2D eigenvalue weighted by Crippen LogP contribution is -2.30. The molecule has 0 atom stereocenters. The molecular weight excluding hydrogens is 286 g/mol. The Labute approximate surface area is 127 Å². The summed E-state index contributed by atoms with van der Waals surface area (Å²) in [5.74, 6) is 0.614. The number of fused-ring (bicyclic) bond motifs is 1. The third-order valence-electron chi connectivity index (χ3n) is 4.26. The van der Waals surface area contributed by atoms with Gasteiger partial charge in [-0.25, -0.2) is 4.98 Å². The molecule has 1 aliphatic rings. The normalized spacial score (nSPS) is 22.8. The minimum Gasteiger partial charge on any atom is -0.370 e. The van der Waals surface area contributed by atoms with Crippen LogP contribution in [0.3, 0.4) is 0 Å². The zero-order valence-electron chi connectivity index (χ0n) is 12.4. The quantitative estimate of drug-likeness (QED) is 0.912. The van der Waals surface area contributed by atoms with E-state index >= 15 is 0 Å². The Bertz CT molecular complexity index is 699. The Morgan fingerprint density at radius 1 is 1.33 bits per heavy atom. The number of H-pyrrole nitrogens is 1. The first-order chi connectivity index (χ1) is 10.0. The highest BCUT2D eigenvalue weighted by Gasteiger charge is 2.19. The van der Waals surface area contributed by atoms with Gasteiger partial charge in [-0.1, -0.05) is 0 Å². The fourth-order valence-corrected chi connectivity index (χ4v) is 3.87. The number of aromatic amines is 1. The summed E-state index contributed by atoms with van der Waals surface area (Å²) >= 11 is 1.57. The van der Waals surface area contributed by atoms with Crippen LogP contribution in [-0.2, 0) is 11.3 Å². The number of aromatic nitrogens is 2. The van der Waals surface area contributed by atoms with Crippen LogP contribution in [0.25, 0.3) is 10.2 Å². The van der Waals surface area contributed by atoms with Crippen LogP contribution in [0.1, 0.15) is 41.9 Å². The van der Waals surface area contributed by atoms with Crippen molar-refractivity contribution >= 4 is 21.6 Å². The Kier molecular flexibility index (Phi) is 4.10. The smallest absolute Gasteiger partial charge is 0.259 e. The first-order valence-corrected chi connectivity index (χ1v) is 8.22. The van der Waals surface area contributed by atoms with Crippen molar-refractivity contribution in [2.45, 2.75) is 58.3 Å². The second-order valence-corrected chi connectivity index (χ2v) is 7.03. The van der Waals surface area contributed by atoms with E-state index in [1.807, 2.05) is 13.8 Å². The number of hydrogen-bond donors (Lipinski definition) is 2. The van der Waals surface area contributed by atoms with Gasteiger partial charge < -0.3 is 15.5 Å². The van der Waals surface area contributed by atoms with Crippen molar-refractivity contribution in [1.29, 1.82) is 0 Å². The fraction of sp³-hybridized carbons (Fsp3) is 0.600. The molecule has 3 rings (SSSR count). The molecule has 5 nitrogen and oxygen atoms in total. The first-order valence-electron chi connectivity index (χ1n) is 7.40. The van der Waals surface area contributed by atoms with Gasteiger partial charge in [0.05, 0.1) is 11.5 Å². The summed E-state index contributed by atoms with van der Waals surface area (Å²) in [6, 6.07) is 0.316. The van der Waals surface area contributed by atoms with E-state index < -0.39 is 0 Å². The van der Waals surface area contributed by atoms with Crippen LogP contribution < -0.4 is 11.3 Å². The molecule has 0 aromatic carbocycles. The van der Waals surface area contributed by atoms with E-state index in [2.05, 4.69) is 9.97 Å². The summed E-state index contributed by atoms with van der Waals surface area (Å²) in [7, 11) is 0. The van der Waals surface area contributed by atoms with Gasteiger partial charge >= 0.3 is 0 Å². The molecule has 0 radical (unpaired) electrons. The van der Waals surface area contributed by atoms with Gasteiger partial charge in [0.2, 0.25) is 0 Å². The highest BCUT2D eigenvalue weighted by atomic mass is 32.1. The molecule has 2 heterocycles. The van der Waals surface area contributed by atoms with Crippen LogP contribution in [-0.4, -0.2) is 22.1 Å². The third-order valence-corrected chi connectivity index (χ3v) is 5.36. The van der Waals surface area contributed by atoms with Crippen LogP contribution in [0, 0.1) is 13.8 Å². The van der Waals surface area contributed by atoms with E-state index in [1.165, 1.54) is 0 Å². The Morgan fingerprint density at radius 2 is 2.05 bits per heavy atom. The standard InChI is InChI=1S/C15H21N3O2S/c1-8-9(2)21-15-13(8)14(19)17-12(18-15)7-20-11-5-3-10(16)4-6-11/h10-11H,3-7,16H2,1-2H3,(H,17,18,19). The predicted octanol–water partition coefficient (Wildman–Crippen LogP) is 2.39. The highest BCUT2D eigenvalue weighted by Crippen LogP contribution is 2.26. The van der Waals surface area contributed by atoms with Gasteiger partial charge in [-0.05, 0) is 45.1 Å². The Morgan fingerprint density at radius 3 is 2.76 bits per heavy atom. The third kappa shape index (κ3) is 3.02. The summed E-state index contributed by atoms with van der Waals surface area (Å²) in [5, 5.41) is 0.713. The van der Waals surface area contributed by atoms with Gasteiger partial charge in [0.25, 0.3) is 5.56 Å². The van der Waals surface area contributed by atoms with Gasteiger partial charge in [0.15, 0.2) is 0 Å². The summed E-state index contributed by atoms with van der Waals surface area (Å²) in [4.78, 5) is 21.5. The molecule has 6 heteroatoms. The van der Waals surface area contributed by atoms with E-state index in [1.54, 1.807) is 11.3 Å². The summed E-state index contributed by atoms with van der Waals surface area (Å²) in [6.45, 7) is 4.34. The monoisotopic (exact) mass is 307 g/mol. The molecule has 0 aliphatic heterocycles. The summed E-state index contributed by atoms with van der Waals surface area (Å²) < 4.78 is 5.87. The molecule has 2 aromatic rings. The van der Waals surface area contributed by atoms with Gasteiger partial charge in [0.1, 0.15) is 17.3 Å². The molecule has 0 amide bonds. The molecular formula is C15H21N3O2S. The van der Waals surface area contributed by atoms with Crippen molar-refractivity contribution in [1.82, 2.24) is 9.97 Å². The maximum atomic E-state index is 12.2. The molecule has 1 saturated carbocycles. The number of aryl methyl sites for hydroxylation is 2. The molecule has 3 N–H and O–H groups in total.